The Hall–Kier alpha value is -1.81. The molecule has 1 aromatic rings. The number of benzene rings is 1. The minimum Gasteiger partial charge on any atom is -0.394 e. The molecule has 0 saturated heterocycles. The molecule has 0 spiro atoms. The monoisotopic (exact) mass is 248 g/mol. The number of hydrogen-bond donors (Lipinski definition) is 3. The van der Waals surface area contributed by atoms with Crippen molar-refractivity contribution >= 4 is 6.03 Å². The lowest BCUT2D eigenvalue weighted by atomic mass is 10.1. The molecule has 0 unspecified atom stereocenters. The molecule has 0 aromatic heterocycles. The van der Waals surface area contributed by atoms with Gasteiger partial charge in [-0.3, -0.25) is 0 Å². The molecule has 4 heteroatoms. The average Bonchev–Trinajstić information content (AvgIpc) is 2.37. The van der Waals surface area contributed by atoms with Gasteiger partial charge in [0, 0.05) is 6.54 Å². The average molecular weight is 248 g/mol. The van der Waals surface area contributed by atoms with Gasteiger partial charge in [0.05, 0.1) is 12.6 Å². The van der Waals surface area contributed by atoms with Gasteiger partial charge in [-0.1, -0.05) is 42.5 Å². The molecule has 4 nitrogen and oxygen atoms in total. The number of carbonyl (C=O) groups is 1. The van der Waals surface area contributed by atoms with E-state index >= 15 is 0 Å². The first kappa shape index (κ1) is 14.3. The van der Waals surface area contributed by atoms with E-state index in [1.165, 1.54) is 0 Å². The Bertz CT molecular complexity index is 390. The highest BCUT2D eigenvalue weighted by Gasteiger charge is 2.11. The zero-order valence-corrected chi connectivity index (χ0v) is 10.6. The summed E-state index contributed by atoms with van der Waals surface area (Å²) in [6, 6.07) is 9.18. The molecule has 0 aliphatic heterocycles. The summed E-state index contributed by atoms with van der Waals surface area (Å²) in [4.78, 5) is 11.5. The van der Waals surface area contributed by atoms with Crippen molar-refractivity contribution in [2.45, 2.75) is 19.4 Å². The van der Waals surface area contributed by atoms with Crippen LogP contribution in [0.5, 0.6) is 0 Å². The van der Waals surface area contributed by atoms with Gasteiger partial charge in [0.1, 0.15) is 0 Å². The van der Waals surface area contributed by atoms with Crippen molar-refractivity contribution in [3.8, 4) is 0 Å². The molecule has 18 heavy (non-hydrogen) atoms. The van der Waals surface area contributed by atoms with E-state index in [0.29, 0.717) is 13.0 Å². The lowest BCUT2D eigenvalue weighted by Crippen LogP contribution is -2.45. The van der Waals surface area contributed by atoms with Crippen LogP contribution < -0.4 is 10.6 Å². The second kappa shape index (κ2) is 7.50. The number of carbonyl (C=O) groups excluding carboxylic acids is 1. The van der Waals surface area contributed by atoms with Gasteiger partial charge in [0.25, 0.3) is 0 Å². The molecule has 0 aliphatic rings. The molecular weight excluding hydrogens is 228 g/mol. The van der Waals surface area contributed by atoms with Gasteiger partial charge >= 0.3 is 6.03 Å². The molecule has 2 amide bonds. The van der Waals surface area contributed by atoms with Crippen LogP contribution in [0.3, 0.4) is 0 Å². The summed E-state index contributed by atoms with van der Waals surface area (Å²) in [5.74, 6) is 0. The topological polar surface area (TPSA) is 61.4 Å². The maximum Gasteiger partial charge on any atom is 0.315 e. The van der Waals surface area contributed by atoms with E-state index in [1.54, 1.807) is 0 Å². The van der Waals surface area contributed by atoms with Crippen LogP contribution in [0.15, 0.2) is 42.5 Å². The van der Waals surface area contributed by atoms with Crippen LogP contribution in [0.2, 0.25) is 0 Å². The molecule has 1 aromatic carbocycles. The van der Waals surface area contributed by atoms with Crippen LogP contribution in [0.1, 0.15) is 12.5 Å². The first-order chi connectivity index (χ1) is 8.61. The number of hydrogen-bond acceptors (Lipinski definition) is 2. The summed E-state index contributed by atoms with van der Waals surface area (Å²) in [5, 5.41) is 14.7. The summed E-state index contributed by atoms with van der Waals surface area (Å²) >= 11 is 0. The van der Waals surface area contributed by atoms with Crippen molar-refractivity contribution in [2.24, 2.45) is 0 Å². The van der Waals surface area contributed by atoms with Crippen LogP contribution >= 0.6 is 0 Å². The van der Waals surface area contributed by atoms with Gasteiger partial charge in [0.2, 0.25) is 0 Å². The fourth-order valence-electron chi connectivity index (χ4n) is 1.53. The SMILES string of the molecule is C=C(C)CNC(=O)N[C@H](CO)Cc1ccccc1. The van der Waals surface area contributed by atoms with Gasteiger partial charge in [-0.2, -0.15) is 0 Å². The van der Waals surface area contributed by atoms with Gasteiger partial charge in [0.15, 0.2) is 0 Å². The number of nitrogens with one attached hydrogen (secondary N) is 2. The zero-order valence-electron chi connectivity index (χ0n) is 10.6. The Morgan fingerprint density at radius 2 is 2.06 bits per heavy atom. The van der Waals surface area contributed by atoms with Crippen molar-refractivity contribution in [1.82, 2.24) is 10.6 Å². The minimum atomic E-state index is -0.284. The van der Waals surface area contributed by atoms with E-state index in [-0.39, 0.29) is 18.7 Å². The summed E-state index contributed by atoms with van der Waals surface area (Å²) in [7, 11) is 0. The van der Waals surface area contributed by atoms with Gasteiger partial charge < -0.3 is 15.7 Å². The molecule has 0 fully saturated rings. The smallest absolute Gasteiger partial charge is 0.315 e. The first-order valence-corrected chi connectivity index (χ1v) is 5.95. The molecule has 0 radical (unpaired) electrons. The molecule has 0 bridgehead atoms. The highest BCUT2D eigenvalue weighted by Crippen LogP contribution is 2.02. The highest BCUT2D eigenvalue weighted by molar-refractivity contribution is 5.74. The molecule has 1 atom stereocenters. The van der Waals surface area contributed by atoms with E-state index in [2.05, 4.69) is 17.2 Å². The lowest BCUT2D eigenvalue weighted by Gasteiger charge is -2.17. The summed E-state index contributed by atoms with van der Waals surface area (Å²) in [6.07, 6.45) is 0.609. The van der Waals surface area contributed by atoms with Gasteiger partial charge in [-0.05, 0) is 18.9 Å². The fraction of sp³-hybridized carbons (Fsp3) is 0.357. The quantitative estimate of drug-likeness (QED) is 0.668. The standard InChI is InChI=1S/C14H20N2O2/c1-11(2)9-15-14(18)16-13(10-17)8-12-6-4-3-5-7-12/h3-7,13,17H,1,8-10H2,2H3,(H2,15,16,18)/t13-/m0/s1. The van der Waals surface area contributed by atoms with Crippen LogP contribution in [-0.2, 0) is 6.42 Å². The highest BCUT2D eigenvalue weighted by atomic mass is 16.3. The van der Waals surface area contributed by atoms with Crippen molar-refractivity contribution in [2.75, 3.05) is 13.2 Å². The molecular formula is C14H20N2O2. The Morgan fingerprint density at radius 3 is 2.61 bits per heavy atom. The molecule has 3 N–H and O–H groups in total. The third-order valence-electron chi connectivity index (χ3n) is 2.43. The molecule has 0 saturated carbocycles. The Morgan fingerprint density at radius 1 is 1.39 bits per heavy atom. The van der Waals surface area contributed by atoms with Gasteiger partial charge in [-0.15, -0.1) is 0 Å². The Labute approximate surface area is 108 Å². The normalized spacial score (nSPS) is 11.7. The Kier molecular flexibility index (Phi) is 5.94. The molecule has 1 rings (SSSR count). The predicted octanol–water partition coefficient (Wildman–Crippen LogP) is 1.47. The maximum absolute atomic E-state index is 11.5. The van der Waals surface area contributed by atoms with Crippen molar-refractivity contribution in [3.63, 3.8) is 0 Å². The molecule has 98 valence electrons. The summed E-state index contributed by atoms with van der Waals surface area (Å²) in [6.45, 7) is 5.90. The van der Waals surface area contributed by atoms with Crippen LogP contribution in [0.25, 0.3) is 0 Å². The number of aliphatic hydroxyl groups excluding tert-OH is 1. The number of amides is 2. The second-order valence-corrected chi connectivity index (χ2v) is 4.35. The largest absolute Gasteiger partial charge is 0.394 e. The lowest BCUT2D eigenvalue weighted by molar-refractivity contribution is 0.216. The third-order valence-corrected chi connectivity index (χ3v) is 2.43. The van der Waals surface area contributed by atoms with Crippen molar-refractivity contribution < 1.29 is 9.90 Å². The van der Waals surface area contributed by atoms with Crippen LogP contribution in [-0.4, -0.2) is 30.3 Å². The zero-order chi connectivity index (χ0) is 13.4. The van der Waals surface area contributed by atoms with Crippen molar-refractivity contribution in [3.05, 3.63) is 48.0 Å². The van der Waals surface area contributed by atoms with E-state index < -0.39 is 0 Å². The molecule has 0 aliphatic carbocycles. The number of rotatable bonds is 6. The first-order valence-electron chi connectivity index (χ1n) is 5.95. The minimum absolute atomic E-state index is 0.0879. The van der Waals surface area contributed by atoms with Crippen LogP contribution in [0, 0.1) is 0 Å². The van der Waals surface area contributed by atoms with Crippen molar-refractivity contribution in [1.29, 1.82) is 0 Å². The van der Waals surface area contributed by atoms with E-state index in [1.807, 2.05) is 37.3 Å². The second-order valence-electron chi connectivity index (χ2n) is 4.35. The summed E-state index contributed by atoms with van der Waals surface area (Å²) < 4.78 is 0. The maximum atomic E-state index is 11.5. The number of aliphatic hydroxyl groups is 1. The number of urea groups is 1. The fourth-order valence-corrected chi connectivity index (χ4v) is 1.53. The van der Waals surface area contributed by atoms with E-state index in [9.17, 15) is 9.90 Å². The van der Waals surface area contributed by atoms with Gasteiger partial charge in [-0.25, -0.2) is 4.79 Å². The summed E-state index contributed by atoms with van der Waals surface area (Å²) in [5.41, 5.74) is 1.96. The third kappa shape index (κ3) is 5.50. The van der Waals surface area contributed by atoms with Crippen LogP contribution in [0.4, 0.5) is 4.79 Å². The molecule has 0 heterocycles. The predicted molar refractivity (Wildman–Crippen MR) is 72.4 cm³/mol. The Balaban J connectivity index is 2.42. The van der Waals surface area contributed by atoms with E-state index in [4.69, 9.17) is 0 Å². The van der Waals surface area contributed by atoms with E-state index in [0.717, 1.165) is 11.1 Å².